The minimum Gasteiger partial charge on any atom is -0.352 e. The van der Waals surface area contributed by atoms with Gasteiger partial charge < -0.3 is 5.32 Å². The van der Waals surface area contributed by atoms with Crippen LogP contribution in [0.15, 0.2) is 40.3 Å². The van der Waals surface area contributed by atoms with Crippen molar-refractivity contribution >= 4 is 17.7 Å². The Morgan fingerprint density at radius 1 is 1.42 bits per heavy atom. The molecular weight excluding hydrogens is 329 g/mol. The molecule has 7 heteroatoms. The van der Waals surface area contributed by atoms with Crippen molar-refractivity contribution in [3.8, 4) is 0 Å². The second-order valence-electron chi connectivity index (χ2n) is 5.66. The first kappa shape index (κ1) is 16.7. The van der Waals surface area contributed by atoms with E-state index >= 15 is 0 Å². The summed E-state index contributed by atoms with van der Waals surface area (Å²) < 4.78 is 14.5. The maximum absolute atomic E-state index is 12.9. The Morgan fingerprint density at radius 2 is 2.17 bits per heavy atom. The lowest BCUT2D eigenvalue weighted by molar-refractivity contribution is -0.121. The molecule has 1 aliphatic heterocycles. The Bertz CT molecular complexity index is 804. The zero-order chi connectivity index (χ0) is 17.1. The van der Waals surface area contributed by atoms with Gasteiger partial charge in [-0.1, -0.05) is 30.8 Å². The number of thioether (sulfide) groups is 1. The molecule has 24 heavy (non-hydrogen) atoms. The summed E-state index contributed by atoms with van der Waals surface area (Å²) in [5.74, 6) is 0.228. The number of aromatic nitrogens is 2. The molecule has 0 saturated carbocycles. The molecule has 1 aromatic carbocycles. The van der Waals surface area contributed by atoms with Crippen LogP contribution in [0.3, 0.4) is 0 Å². The van der Waals surface area contributed by atoms with Crippen LogP contribution >= 0.6 is 11.8 Å². The normalized spacial score (nSPS) is 16.0. The predicted molar refractivity (Wildman–Crippen MR) is 90.5 cm³/mol. The molecule has 0 aliphatic carbocycles. The molecule has 0 spiro atoms. The summed E-state index contributed by atoms with van der Waals surface area (Å²) in [7, 11) is 0. The number of nitrogens with zero attached hydrogens (tertiary/aromatic N) is 2. The predicted octanol–water partition coefficient (Wildman–Crippen LogP) is 2.30. The van der Waals surface area contributed by atoms with Crippen LogP contribution < -0.4 is 10.9 Å². The highest BCUT2D eigenvalue weighted by Gasteiger charge is 2.27. The van der Waals surface area contributed by atoms with Gasteiger partial charge in [0.05, 0.1) is 6.04 Å². The summed E-state index contributed by atoms with van der Waals surface area (Å²) in [4.78, 5) is 28.8. The van der Waals surface area contributed by atoms with Crippen molar-refractivity contribution in [1.29, 1.82) is 0 Å². The lowest BCUT2D eigenvalue weighted by atomic mass is 10.2. The molecular formula is C17H18FN3O2S. The van der Waals surface area contributed by atoms with Crippen LogP contribution in [0.5, 0.6) is 0 Å². The monoisotopic (exact) mass is 347 g/mol. The van der Waals surface area contributed by atoms with Gasteiger partial charge in [0.25, 0.3) is 5.56 Å². The molecule has 2 aromatic rings. The van der Waals surface area contributed by atoms with Crippen molar-refractivity contribution in [2.75, 3.05) is 5.75 Å². The van der Waals surface area contributed by atoms with Crippen molar-refractivity contribution in [3.63, 3.8) is 0 Å². The SMILES string of the molecule is CCc1cc(=O)n2c(n1)SC[C@H]2CC(=O)NCc1ccc(F)cc1. The molecule has 2 heterocycles. The lowest BCUT2D eigenvalue weighted by Crippen LogP contribution is -2.30. The van der Waals surface area contributed by atoms with E-state index in [-0.39, 0.29) is 29.7 Å². The van der Waals surface area contributed by atoms with Crippen LogP contribution in [0.25, 0.3) is 0 Å². The second kappa shape index (κ2) is 7.17. The van der Waals surface area contributed by atoms with Crippen LogP contribution in [-0.4, -0.2) is 21.2 Å². The van der Waals surface area contributed by atoms with E-state index in [1.54, 1.807) is 22.8 Å². The number of hydrogen-bond acceptors (Lipinski definition) is 4. The number of fused-ring (bicyclic) bond motifs is 1. The summed E-state index contributed by atoms with van der Waals surface area (Å²) in [5.41, 5.74) is 1.51. The van der Waals surface area contributed by atoms with Gasteiger partial charge in [0, 0.05) is 30.5 Å². The number of hydrogen-bond donors (Lipinski definition) is 1. The van der Waals surface area contributed by atoms with Gasteiger partial charge >= 0.3 is 0 Å². The summed E-state index contributed by atoms with van der Waals surface area (Å²) in [6.07, 6.45) is 0.945. The van der Waals surface area contributed by atoms with Gasteiger partial charge in [-0.2, -0.15) is 0 Å². The molecule has 0 saturated heterocycles. The van der Waals surface area contributed by atoms with Crippen LogP contribution in [0.4, 0.5) is 4.39 Å². The molecule has 1 atom stereocenters. The Balaban J connectivity index is 1.63. The number of rotatable bonds is 5. The van der Waals surface area contributed by atoms with Crippen molar-refractivity contribution in [2.45, 2.75) is 37.5 Å². The second-order valence-corrected chi connectivity index (χ2v) is 6.65. The number of benzene rings is 1. The largest absolute Gasteiger partial charge is 0.352 e. The van der Waals surface area contributed by atoms with Crippen molar-refractivity contribution in [2.24, 2.45) is 0 Å². The van der Waals surface area contributed by atoms with Crippen molar-refractivity contribution in [1.82, 2.24) is 14.9 Å². The molecule has 1 aliphatic rings. The Morgan fingerprint density at radius 3 is 2.88 bits per heavy atom. The molecule has 1 amide bonds. The van der Waals surface area contributed by atoms with E-state index in [1.165, 1.54) is 23.9 Å². The van der Waals surface area contributed by atoms with Gasteiger partial charge in [0.2, 0.25) is 5.91 Å². The number of carbonyl (C=O) groups is 1. The molecule has 0 bridgehead atoms. The van der Waals surface area contributed by atoms with Crippen molar-refractivity contribution in [3.05, 3.63) is 57.8 Å². The fourth-order valence-electron chi connectivity index (χ4n) is 2.62. The quantitative estimate of drug-likeness (QED) is 0.843. The number of carbonyl (C=O) groups excluding carboxylic acids is 1. The van der Waals surface area contributed by atoms with E-state index in [0.29, 0.717) is 23.9 Å². The van der Waals surface area contributed by atoms with Gasteiger partial charge in [-0.15, -0.1) is 0 Å². The zero-order valence-electron chi connectivity index (χ0n) is 13.3. The van der Waals surface area contributed by atoms with Gasteiger partial charge in [0.1, 0.15) is 5.82 Å². The zero-order valence-corrected chi connectivity index (χ0v) is 14.1. The molecule has 126 valence electrons. The number of aryl methyl sites for hydroxylation is 1. The van der Waals surface area contributed by atoms with E-state index < -0.39 is 0 Å². The van der Waals surface area contributed by atoms with Gasteiger partial charge in [-0.05, 0) is 24.1 Å². The third kappa shape index (κ3) is 3.67. The van der Waals surface area contributed by atoms with Gasteiger partial charge in [-0.25, -0.2) is 9.37 Å². The molecule has 1 N–H and O–H groups in total. The Kier molecular flexibility index (Phi) is 4.99. The molecule has 0 radical (unpaired) electrons. The maximum Gasteiger partial charge on any atom is 0.254 e. The first-order valence-corrected chi connectivity index (χ1v) is 8.81. The van der Waals surface area contributed by atoms with E-state index in [0.717, 1.165) is 11.3 Å². The minimum atomic E-state index is -0.303. The molecule has 0 unspecified atom stereocenters. The van der Waals surface area contributed by atoms with Gasteiger partial charge in [0.15, 0.2) is 5.16 Å². The molecule has 5 nitrogen and oxygen atoms in total. The highest BCUT2D eigenvalue weighted by Crippen LogP contribution is 2.31. The topological polar surface area (TPSA) is 64.0 Å². The maximum atomic E-state index is 12.9. The highest BCUT2D eigenvalue weighted by atomic mass is 32.2. The smallest absolute Gasteiger partial charge is 0.254 e. The van der Waals surface area contributed by atoms with E-state index in [4.69, 9.17) is 0 Å². The summed E-state index contributed by atoms with van der Waals surface area (Å²) in [6.45, 7) is 2.30. The third-order valence-corrected chi connectivity index (χ3v) is 5.03. The van der Waals surface area contributed by atoms with E-state index in [1.807, 2.05) is 6.92 Å². The Hall–Kier alpha value is -2.15. The fraction of sp³-hybridized carbons (Fsp3) is 0.353. The Labute approximate surface area is 143 Å². The molecule has 3 rings (SSSR count). The average Bonchev–Trinajstić information content (AvgIpc) is 2.97. The fourth-order valence-corrected chi connectivity index (χ4v) is 3.79. The molecule has 1 aromatic heterocycles. The third-order valence-electron chi connectivity index (χ3n) is 3.93. The first-order chi connectivity index (χ1) is 11.6. The number of halogens is 1. The summed E-state index contributed by atoms with van der Waals surface area (Å²) in [6, 6.07) is 7.36. The number of amides is 1. The van der Waals surface area contributed by atoms with Crippen molar-refractivity contribution < 1.29 is 9.18 Å². The van der Waals surface area contributed by atoms with Crippen LogP contribution in [0.2, 0.25) is 0 Å². The van der Waals surface area contributed by atoms with Crippen LogP contribution in [-0.2, 0) is 17.8 Å². The molecule has 0 fully saturated rings. The standard InChI is InChI=1S/C17H18FN3O2S/c1-2-13-7-16(23)21-14(10-24-17(21)20-13)8-15(22)19-9-11-3-5-12(18)6-4-11/h3-7,14H,2,8-10H2,1H3,(H,19,22)/t14-/m1/s1. The average molecular weight is 347 g/mol. The number of nitrogens with one attached hydrogen (secondary N) is 1. The summed E-state index contributed by atoms with van der Waals surface area (Å²) >= 11 is 1.51. The highest BCUT2D eigenvalue weighted by molar-refractivity contribution is 7.99. The minimum absolute atomic E-state index is 0.0989. The lowest BCUT2D eigenvalue weighted by Gasteiger charge is -2.13. The van der Waals surface area contributed by atoms with Gasteiger partial charge in [-0.3, -0.25) is 14.2 Å². The van der Waals surface area contributed by atoms with Crippen LogP contribution in [0, 0.1) is 5.82 Å². The van der Waals surface area contributed by atoms with Crippen LogP contribution in [0.1, 0.15) is 30.6 Å². The summed E-state index contributed by atoms with van der Waals surface area (Å²) in [5, 5.41) is 3.50. The first-order valence-electron chi connectivity index (χ1n) is 7.83. The van der Waals surface area contributed by atoms with E-state index in [2.05, 4.69) is 10.3 Å². The van der Waals surface area contributed by atoms with E-state index in [9.17, 15) is 14.0 Å².